The van der Waals surface area contributed by atoms with Crippen LogP contribution < -0.4 is 5.32 Å². The summed E-state index contributed by atoms with van der Waals surface area (Å²) in [7, 11) is 1.35. The number of methoxy groups -OCH3 is 1. The first kappa shape index (κ1) is 34.9. The number of aliphatic hydroxyl groups excluding tert-OH is 1. The van der Waals surface area contributed by atoms with Gasteiger partial charge < -0.3 is 33.5 Å². The molecule has 4 unspecified atom stereocenters. The lowest BCUT2D eigenvalue weighted by Crippen LogP contribution is -2.71. The average Bonchev–Trinajstić information content (AvgIpc) is 3.53. The Morgan fingerprint density at radius 2 is 1.18 bits per heavy atom. The van der Waals surface area contributed by atoms with Gasteiger partial charge in [0.1, 0.15) is 36.1 Å². The maximum Gasteiger partial charge on any atom is 0.326 e. The van der Waals surface area contributed by atoms with E-state index in [9.17, 15) is 9.90 Å². The SMILES string of the molecule is COC(=O)C1NC(CO)C[C@]12OC(COCc1ccccc1)[C@@H](OCc1ccccc1)[C@@H](OCc1ccccc1)C2OCc1ccccc1. The molecule has 2 N–H and O–H groups in total. The second kappa shape index (κ2) is 17.1. The van der Waals surface area contributed by atoms with Crippen LogP contribution in [-0.4, -0.2) is 73.5 Å². The van der Waals surface area contributed by atoms with Crippen molar-refractivity contribution >= 4 is 5.97 Å². The van der Waals surface area contributed by atoms with Crippen molar-refractivity contribution in [1.82, 2.24) is 5.32 Å². The summed E-state index contributed by atoms with van der Waals surface area (Å²) in [6, 6.07) is 38.2. The molecule has 0 bridgehead atoms. The topological polar surface area (TPSA) is 105 Å². The van der Waals surface area contributed by atoms with Gasteiger partial charge in [-0.1, -0.05) is 121 Å². The van der Waals surface area contributed by atoms with Gasteiger partial charge in [0.25, 0.3) is 0 Å². The zero-order valence-corrected chi connectivity index (χ0v) is 27.8. The molecule has 0 amide bonds. The van der Waals surface area contributed by atoms with E-state index in [1.807, 2.05) is 121 Å². The molecule has 2 aliphatic rings. The quantitative estimate of drug-likeness (QED) is 0.170. The Hall–Kier alpha value is -3.93. The minimum atomic E-state index is -1.29. The molecular formula is C40H45NO8. The fraction of sp³-hybridized carbons (Fsp3) is 0.375. The molecule has 258 valence electrons. The highest BCUT2D eigenvalue weighted by Crippen LogP contribution is 2.45. The van der Waals surface area contributed by atoms with Crippen molar-refractivity contribution < 1.29 is 38.3 Å². The fourth-order valence-corrected chi connectivity index (χ4v) is 6.83. The van der Waals surface area contributed by atoms with Crippen molar-refractivity contribution in [3.05, 3.63) is 144 Å². The first-order valence-electron chi connectivity index (χ1n) is 16.8. The number of benzene rings is 4. The number of hydrogen-bond donors (Lipinski definition) is 2. The standard InChI is InChI=1S/C40H45NO8/c1-44-39(43)37-40(22-33(23-42)41-37)38(48-27-32-20-12-5-13-21-32)36(47-26-31-18-10-4-11-19-31)35(46-25-30-16-8-3-9-17-30)34(49-40)28-45-24-29-14-6-2-7-15-29/h2-21,33-38,41-42H,22-28H2,1H3/t33?,34?,35-,36-,37?,38?,40+/m1/s1. The third kappa shape index (κ3) is 8.63. The molecule has 2 fully saturated rings. The van der Waals surface area contributed by atoms with E-state index < -0.39 is 48.1 Å². The Morgan fingerprint density at radius 3 is 1.67 bits per heavy atom. The first-order valence-corrected chi connectivity index (χ1v) is 16.8. The van der Waals surface area contributed by atoms with Gasteiger partial charge in [-0.3, -0.25) is 10.1 Å². The highest BCUT2D eigenvalue weighted by Gasteiger charge is 2.65. The molecule has 6 rings (SSSR count). The number of rotatable bonds is 15. The smallest absolute Gasteiger partial charge is 0.326 e. The molecule has 1 spiro atoms. The Labute approximate surface area is 288 Å². The summed E-state index contributed by atoms with van der Waals surface area (Å²) < 4.78 is 39.2. The van der Waals surface area contributed by atoms with Gasteiger partial charge in [0, 0.05) is 6.04 Å². The van der Waals surface area contributed by atoms with Crippen LogP contribution in [0.25, 0.3) is 0 Å². The van der Waals surface area contributed by atoms with Crippen molar-refractivity contribution in [2.24, 2.45) is 0 Å². The Kier molecular flexibility index (Phi) is 12.2. The summed E-state index contributed by atoms with van der Waals surface area (Å²) in [5, 5.41) is 13.7. The number of ether oxygens (including phenoxy) is 6. The molecule has 4 aromatic carbocycles. The number of carbonyl (C=O) groups excluding carboxylic acids is 1. The van der Waals surface area contributed by atoms with Crippen LogP contribution in [0.15, 0.2) is 121 Å². The molecule has 2 heterocycles. The van der Waals surface area contributed by atoms with E-state index in [-0.39, 0.29) is 32.8 Å². The molecule has 4 aromatic rings. The van der Waals surface area contributed by atoms with E-state index in [4.69, 9.17) is 28.4 Å². The van der Waals surface area contributed by atoms with Gasteiger partial charge in [-0.05, 0) is 28.7 Å². The minimum Gasteiger partial charge on any atom is -0.468 e. The normalized spacial score (nSPS) is 26.5. The van der Waals surface area contributed by atoms with E-state index >= 15 is 0 Å². The first-order chi connectivity index (χ1) is 24.1. The third-order valence-electron chi connectivity index (χ3n) is 9.19. The van der Waals surface area contributed by atoms with Gasteiger partial charge in [0.2, 0.25) is 0 Å². The third-order valence-corrected chi connectivity index (χ3v) is 9.19. The summed E-state index contributed by atoms with van der Waals surface area (Å²) in [5.41, 5.74) is 2.65. The molecule has 7 atom stereocenters. The van der Waals surface area contributed by atoms with Gasteiger partial charge in [-0.15, -0.1) is 0 Å². The summed E-state index contributed by atoms with van der Waals surface area (Å²) in [6.45, 7) is 1.12. The van der Waals surface area contributed by atoms with Crippen LogP contribution in [0.3, 0.4) is 0 Å². The molecule has 0 saturated carbocycles. The summed E-state index contributed by atoms with van der Waals surface area (Å²) >= 11 is 0. The zero-order chi connectivity index (χ0) is 33.9. The van der Waals surface area contributed by atoms with Crippen LogP contribution >= 0.6 is 0 Å². The summed E-state index contributed by atoms with van der Waals surface area (Å²) in [4.78, 5) is 13.5. The number of nitrogens with one attached hydrogen (secondary N) is 1. The summed E-state index contributed by atoms with van der Waals surface area (Å²) in [6.07, 6.45) is -2.57. The fourth-order valence-electron chi connectivity index (χ4n) is 6.83. The molecule has 2 aliphatic heterocycles. The lowest BCUT2D eigenvalue weighted by Gasteiger charge is -2.53. The second-order valence-corrected chi connectivity index (χ2v) is 12.6. The number of esters is 1. The maximum absolute atomic E-state index is 13.5. The van der Waals surface area contributed by atoms with Crippen molar-refractivity contribution in [3.8, 4) is 0 Å². The molecule has 9 nitrogen and oxygen atoms in total. The van der Waals surface area contributed by atoms with Crippen molar-refractivity contribution in [2.45, 2.75) is 74.9 Å². The Balaban J connectivity index is 1.40. The van der Waals surface area contributed by atoms with Crippen LogP contribution in [-0.2, 0) is 59.6 Å². The zero-order valence-electron chi connectivity index (χ0n) is 27.8. The second-order valence-electron chi connectivity index (χ2n) is 12.6. The molecule has 0 radical (unpaired) electrons. The van der Waals surface area contributed by atoms with Crippen LogP contribution in [0.2, 0.25) is 0 Å². The van der Waals surface area contributed by atoms with Gasteiger partial charge in [-0.2, -0.15) is 0 Å². The minimum absolute atomic E-state index is 0.157. The van der Waals surface area contributed by atoms with Crippen LogP contribution in [0, 0.1) is 0 Å². The number of hydrogen-bond acceptors (Lipinski definition) is 9. The van der Waals surface area contributed by atoms with Crippen LogP contribution in [0.1, 0.15) is 28.7 Å². The maximum atomic E-state index is 13.5. The van der Waals surface area contributed by atoms with Gasteiger partial charge >= 0.3 is 5.97 Å². The van der Waals surface area contributed by atoms with E-state index in [0.717, 1.165) is 22.3 Å². The van der Waals surface area contributed by atoms with Gasteiger partial charge in [0.05, 0.1) is 46.8 Å². The average molecular weight is 668 g/mol. The van der Waals surface area contributed by atoms with E-state index in [2.05, 4.69) is 5.32 Å². The van der Waals surface area contributed by atoms with Gasteiger partial charge in [0.15, 0.2) is 0 Å². The Bertz CT molecular complexity index is 1560. The highest BCUT2D eigenvalue weighted by atomic mass is 16.6. The lowest BCUT2D eigenvalue weighted by atomic mass is 9.78. The molecule has 2 saturated heterocycles. The molecule has 49 heavy (non-hydrogen) atoms. The molecule has 9 heteroatoms. The molecule has 0 aliphatic carbocycles. The largest absolute Gasteiger partial charge is 0.468 e. The highest BCUT2D eigenvalue weighted by molar-refractivity contribution is 5.78. The molecule has 0 aromatic heterocycles. The van der Waals surface area contributed by atoms with Gasteiger partial charge in [-0.25, -0.2) is 0 Å². The summed E-state index contributed by atoms with van der Waals surface area (Å²) in [5.74, 6) is -0.515. The van der Waals surface area contributed by atoms with Crippen molar-refractivity contribution in [1.29, 1.82) is 0 Å². The predicted octanol–water partition coefficient (Wildman–Crippen LogP) is 4.99. The van der Waals surface area contributed by atoms with E-state index in [1.54, 1.807) is 0 Å². The number of carbonyl (C=O) groups is 1. The van der Waals surface area contributed by atoms with Crippen LogP contribution in [0.5, 0.6) is 0 Å². The molecular weight excluding hydrogens is 622 g/mol. The van der Waals surface area contributed by atoms with E-state index in [1.165, 1.54) is 7.11 Å². The lowest BCUT2D eigenvalue weighted by molar-refractivity contribution is -0.309. The monoisotopic (exact) mass is 667 g/mol. The predicted molar refractivity (Wildman–Crippen MR) is 183 cm³/mol. The van der Waals surface area contributed by atoms with Crippen LogP contribution in [0.4, 0.5) is 0 Å². The number of aliphatic hydroxyl groups is 1. The van der Waals surface area contributed by atoms with Crippen molar-refractivity contribution in [3.63, 3.8) is 0 Å². The van der Waals surface area contributed by atoms with E-state index in [0.29, 0.717) is 13.2 Å². The Morgan fingerprint density at radius 1 is 0.714 bits per heavy atom. The van der Waals surface area contributed by atoms with Crippen molar-refractivity contribution in [2.75, 3.05) is 20.3 Å².